The van der Waals surface area contributed by atoms with E-state index < -0.39 is 0 Å². The predicted octanol–water partition coefficient (Wildman–Crippen LogP) is 2.00. The lowest BCUT2D eigenvalue weighted by Gasteiger charge is -2.42. The van der Waals surface area contributed by atoms with Gasteiger partial charge in [-0.3, -0.25) is 0 Å². The van der Waals surface area contributed by atoms with Gasteiger partial charge in [-0.15, -0.1) is 0 Å². The smallest absolute Gasteiger partial charge is 0.0697 e. The van der Waals surface area contributed by atoms with Crippen LogP contribution < -0.4 is 5.73 Å². The van der Waals surface area contributed by atoms with Crippen LogP contribution in [0.4, 0.5) is 0 Å². The Balaban J connectivity index is 1.88. The fraction of sp³-hybridized carbons (Fsp3) is 1.00. The van der Waals surface area contributed by atoms with Crippen molar-refractivity contribution in [1.29, 1.82) is 0 Å². The quantitative estimate of drug-likeness (QED) is 0.817. The molecule has 1 saturated heterocycles. The van der Waals surface area contributed by atoms with Crippen LogP contribution in [0, 0.1) is 5.92 Å². The first-order valence-electron chi connectivity index (χ1n) is 7.19. The normalized spacial score (nSPS) is 30.0. The first-order chi connectivity index (χ1) is 8.15. The number of ether oxygens (including phenoxy) is 1. The molecule has 1 saturated carbocycles. The maximum absolute atomic E-state index is 6.09. The topological polar surface area (TPSA) is 38.5 Å². The summed E-state index contributed by atoms with van der Waals surface area (Å²) in [5.74, 6) is 0.599. The molecule has 2 fully saturated rings. The highest BCUT2D eigenvalue weighted by Gasteiger charge is 2.40. The molecule has 0 aromatic carbocycles. The van der Waals surface area contributed by atoms with Gasteiger partial charge < -0.3 is 15.4 Å². The van der Waals surface area contributed by atoms with Gasteiger partial charge in [-0.1, -0.05) is 19.8 Å². The monoisotopic (exact) mass is 240 g/mol. The molecule has 2 aliphatic rings. The molecule has 1 aliphatic heterocycles. The summed E-state index contributed by atoms with van der Waals surface area (Å²) in [6.07, 6.45) is 7.70. The van der Waals surface area contributed by atoms with Crippen molar-refractivity contribution < 1.29 is 4.74 Å². The third kappa shape index (κ3) is 3.21. The highest BCUT2D eigenvalue weighted by molar-refractivity contribution is 4.93. The molecule has 100 valence electrons. The summed E-state index contributed by atoms with van der Waals surface area (Å²) in [4.78, 5) is 2.51. The minimum atomic E-state index is 0.239. The Morgan fingerprint density at radius 2 is 2.12 bits per heavy atom. The summed E-state index contributed by atoms with van der Waals surface area (Å²) in [5, 5.41) is 0. The zero-order valence-electron chi connectivity index (χ0n) is 11.5. The first-order valence-corrected chi connectivity index (χ1v) is 7.19. The van der Waals surface area contributed by atoms with Crippen molar-refractivity contribution in [3.63, 3.8) is 0 Å². The Labute approximate surface area is 106 Å². The van der Waals surface area contributed by atoms with E-state index in [1.807, 2.05) is 0 Å². The van der Waals surface area contributed by atoms with E-state index >= 15 is 0 Å². The van der Waals surface area contributed by atoms with Gasteiger partial charge in [-0.2, -0.15) is 0 Å². The van der Waals surface area contributed by atoms with Crippen LogP contribution in [0.15, 0.2) is 0 Å². The summed E-state index contributed by atoms with van der Waals surface area (Å²) in [7, 11) is 2.25. The van der Waals surface area contributed by atoms with Crippen LogP contribution in [0.5, 0.6) is 0 Å². The van der Waals surface area contributed by atoms with E-state index in [2.05, 4.69) is 18.9 Å². The number of nitrogens with zero attached hydrogens (tertiary/aromatic N) is 1. The average Bonchev–Trinajstić information content (AvgIpc) is 2.77. The van der Waals surface area contributed by atoms with Crippen molar-refractivity contribution >= 4 is 0 Å². The number of nitrogens with two attached hydrogens (primary N) is 1. The van der Waals surface area contributed by atoms with Crippen molar-refractivity contribution in [2.75, 3.05) is 26.7 Å². The maximum Gasteiger partial charge on any atom is 0.0697 e. The molecule has 0 amide bonds. The second-order valence-electron chi connectivity index (χ2n) is 6.17. The SMILES string of the molecule is CC(CN)CN(C)C1CCOC2(CCCC2)C1. The number of hydrogen-bond donors (Lipinski definition) is 1. The van der Waals surface area contributed by atoms with Crippen LogP contribution in [0.25, 0.3) is 0 Å². The lowest BCUT2D eigenvalue weighted by atomic mass is 9.88. The Kier molecular flexibility index (Phi) is 4.45. The third-order valence-corrected chi connectivity index (χ3v) is 4.61. The minimum absolute atomic E-state index is 0.239. The second kappa shape index (κ2) is 5.68. The van der Waals surface area contributed by atoms with E-state index in [0.717, 1.165) is 19.7 Å². The van der Waals surface area contributed by atoms with Crippen LogP contribution >= 0.6 is 0 Å². The molecule has 1 aliphatic carbocycles. The van der Waals surface area contributed by atoms with Crippen LogP contribution in [-0.2, 0) is 4.74 Å². The van der Waals surface area contributed by atoms with E-state index in [1.54, 1.807) is 0 Å². The van der Waals surface area contributed by atoms with Gasteiger partial charge in [0.05, 0.1) is 5.60 Å². The maximum atomic E-state index is 6.09. The van der Waals surface area contributed by atoms with Gasteiger partial charge in [0.25, 0.3) is 0 Å². The zero-order valence-corrected chi connectivity index (χ0v) is 11.5. The summed E-state index contributed by atoms with van der Waals surface area (Å²) in [5.41, 5.74) is 5.95. The molecule has 2 rings (SSSR count). The lowest BCUT2D eigenvalue weighted by Crippen LogP contribution is -2.47. The molecular weight excluding hydrogens is 212 g/mol. The van der Waals surface area contributed by atoms with Gasteiger partial charge in [0.1, 0.15) is 0 Å². The van der Waals surface area contributed by atoms with E-state index in [0.29, 0.717) is 12.0 Å². The summed E-state index contributed by atoms with van der Waals surface area (Å²) in [6, 6.07) is 0.704. The van der Waals surface area contributed by atoms with Crippen molar-refractivity contribution in [3.05, 3.63) is 0 Å². The minimum Gasteiger partial charge on any atom is -0.375 e. The highest BCUT2D eigenvalue weighted by Crippen LogP contribution is 2.41. The summed E-state index contributed by atoms with van der Waals surface area (Å²) < 4.78 is 6.09. The van der Waals surface area contributed by atoms with Crippen molar-refractivity contribution in [1.82, 2.24) is 4.90 Å². The Morgan fingerprint density at radius 1 is 1.41 bits per heavy atom. The molecule has 0 radical (unpaired) electrons. The molecule has 1 spiro atoms. The average molecular weight is 240 g/mol. The first kappa shape index (κ1) is 13.3. The molecular formula is C14H28N2O. The van der Waals surface area contributed by atoms with Gasteiger partial charge in [0.2, 0.25) is 0 Å². The van der Waals surface area contributed by atoms with Crippen LogP contribution in [0.2, 0.25) is 0 Å². The zero-order chi connectivity index (χ0) is 12.3. The van der Waals surface area contributed by atoms with Gasteiger partial charge in [0, 0.05) is 19.2 Å². The van der Waals surface area contributed by atoms with Crippen LogP contribution in [0.1, 0.15) is 45.4 Å². The fourth-order valence-corrected chi connectivity index (χ4v) is 3.46. The molecule has 0 aromatic heterocycles. The largest absolute Gasteiger partial charge is 0.375 e. The summed E-state index contributed by atoms with van der Waals surface area (Å²) in [6.45, 7) is 5.10. The van der Waals surface area contributed by atoms with E-state index in [4.69, 9.17) is 10.5 Å². The van der Waals surface area contributed by atoms with Crippen molar-refractivity contribution in [2.45, 2.75) is 57.1 Å². The molecule has 0 bridgehead atoms. The number of hydrogen-bond acceptors (Lipinski definition) is 3. The molecule has 1 heterocycles. The predicted molar refractivity (Wildman–Crippen MR) is 71.0 cm³/mol. The van der Waals surface area contributed by atoms with Gasteiger partial charge in [-0.05, 0) is 45.2 Å². The van der Waals surface area contributed by atoms with E-state index in [1.165, 1.54) is 38.5 Å². The highest BCUT2D eigenvalue weighted by atomic mass is 16.5. The van der Waals surface area contributed by atoms with Gasteiger partial charge in [0.15, 0.2) is 0 Å². The van der Waals surface area contributed by atoms with Crippen molar-refractivity contribution in [3.8, 4) is 0 Å². The Hall–Kier alpha value is -0.120. The van der Waals surface area contributed by atoms with Gasteiger partial charge in [-0.25, -0.2) is 0 Å². The third-order valence-electron chi connectivity index (χ3n) is 4.61. The molecule has 3 heteroatoms. The molecule has 2 atom stereocenters. The standard InChI is InChI=1S/C14H28N2O/c1-12(10-15)11-16(2)13-5-8-17-14(9-13)6-3-4-7-14/h12-13H,3-11,15H2,1-2H3. The lowest BCUT2D eigenvalue weighted by molar-refractivity contribution is -0.0996. The Bertz CT molecular complexity index is 238. The van der Waals surface area contributed by atoms with Gasteiger partial charge >= 0.3 is 0 Å². The Morgan fingerprint density at radius 3 is 2.76 bits per heavy atom. The van der Waals surface area contributed by atoms with E-state index in [9.17, 15) is 0 Å². The summed E-state index contributed by atoms with van der Waals surface area (Å²) >= 11 is 0. The van der Waals surface area contributed by atoms with E-state index in [-0.39, 0.29) is 5.60 Å². The van der Waals surface area contributed by atoms with Crippen LogP contribution in [0.3, 0.4) is 0 Å². The number of rotatable bonds is 4. The molecule has 2 unspecified atom stereocenters. The molecule has 2 N–H and O–H groups in total. The van der Waals surface area contributed by atoms with Crippen molar-refractivity contribution in [2.24, 2.45) is 11.7 Å². The molecule has 3 nitrogen and oxygen atoms in total. The van der Waals surface area contributed by atoms with Crippen LogP contribution in [-0.4, -0.2) is 43.3 Å². The fourth-order valence-electron chi connectivity index (χ4n) is 3.46. The molecule has 17 heavy (non-hydrogen) atoms. The molecule has 0 aromatic rings. The second-order valence-corrected chi connectivity index (χ2v) is 6.17.